The van der Waals surface area contributed by atoms with Crippen molar-refractivity contribution in [3.63, 3.8) is 0 Å². The summed E-state index contributed by atoms with van der Waals surface area (Å²) in [5.74, 6) is 0.633. The Morgan fingerprint density at radius 2 is 1.88 bits per heavy atom. The van der Waals surface area contributed by atoms with E-state index in [9.17, 15) is 4.79 Å². The molecule has 0 aliphatic carbocycles. The van der Waals surface area contributed by atoms with Gasteiger partial charge in [0.1, 0.15) is 5.75 Å². The van der Waals surface area contributed by atoms with Crippen LogP contribution in [0, 0.1) is 13.8 Å². The number of anilines is 1. The molecule has 134 valence electrons. The number of amides is 1. The first-order valence-corrected chi connectivity index (χ1v) is 8.77. The predicted molar refractivity (Wildman–Crippen MR) is 101 cm³/mol. The van der Waals surface area contributed by atoms with Crippen LogP contribution < -0.4 is 10.1 Å². The van der Waals surface area contributed by atoms with Gasteiger partial charge in [0.25, 0.3) is 5.91 Å². The Kier molecular flexibility index (Phi) is 7.02. The summed E-state index contributed by atoms with van der Waals surface area (Å²) in [7, 11) is 0. The number of aryl methyl sites for hydroxylation is 2. The number of carbonyl (C=O) groups is 1. The zero-order chi connectivity index (χ0) is 18.2. The summed E-state index contributed by atoms with van der Waals surface area (Å²) in [5, 5.41) is 2.98. The van der Waals surface area contributed by atoms with Gasteiger partial charge in [-0.2, -0.15) is 0 Å². The minimum Gasteiger partial charge on any atom is -0.494 e. The van der Waals surface area contributed by atoms with Gasteiger partial charge in [0.2, 0.25) is 0 Å². The van der Waals surface area contributed by atoms with E-state index in [2.05, 4.69) is 18.3 Å². The standard InChI is InChI=1S/C21H27NO3/c1-5-11-24-14-18-13-17(8-10-20(18)25-6-2)21(23)22-19-9-7-15(3)12-16(19)4/h7-10,12-13H,5-6,11,14H2,1-4H3,(H,22,23). The number of ether oxygens (including phenoxy) is 2. The molecule has 0 saturated heterocycles. The zero-order valence-electron chi connectivity index (χ0n) is 15.5. The number of benzene rings is 2. The molecular weight excluding hydrogens is 314 g/mol. The Bertz CT molecular complexity index is 725. The summed E-state index contributed by atoms with van der Waals surface area (Å²) in [4.78, 5) is 12.6. The molecule has 0 radical (unpaired) electrons. The zero-order valence-corrected chi connectivity index (χ0v) is 15.5. The number of hydrogen-bond acceptors (Lipinski definition) is 3. The predicted octanol–water partition coefficient (Wildman–Crippen LogP) is 4.88. The second-order valence-corrected chi connectivity index (χ2v) is 6.08. The summed E-state index contributed by atoms with van der Waals surface area (Å²) in [6.07, 6.45) is 0.955. The first-order valence-electron chi connectivity index (χ1n) is 8.77. The molecule has 2 rings (SSSR count). The lowest BCUT2D eigenvalue weighted by atomic mass is 10.1. The molecule has 0 heterocycles. The summed E-state index contributed by atoms with van der Waals surface area (Å²) in [6.45, 7) is 9.74. The lowest BCUT2D eigenvalue weighted by Gasteiger charge is -2.13. The molecule has 0 atom stereocenters. The quantitative estimate of drug-likeness (QED) is 0.696. The fourth-order valence-corrected chi connectivity index (χ4v) is 2.60. The van der Waals surface area contributed by atoms with E-state index in [1.807, 2.05) is 45.0 Å². The Labute approximate surface area is 150 Å². The number of nitrogens with one attached hydrogen (secondary N) is 1. The van der Waals surface area contributed by atoms with E-state index >= 15 is 0 Å². The summed E-state index contributed by atoms with van der Waals surface area (Å²) < 4.78 is 11.3. The van der Waals surface area contributed by atoms with Crippen LogP contribution in [0.5, 0.6) is 5.75 Å². The van der Waals surface area contributed by atoms with E-state index in [0.717, 1.165) is 29.0 Å². The van der Waals surface area contributed by atoms with Gasteiger partial charge in [0, 0.05) is 23.4 Å². The molecule has 0 aliphatic heterocycles. The van der Waals surface area contributed by atoms with Crippen LogP contribution in [-0.4, -0.2) is 19.1 Å². The molecule has 4 nitrogen and oxygen atoms in total. The van der Waals surface area contributed by atoms with Crippen molar-refractivity contribution in [2.45, 2.75) is 40.7 Å². The van der Waals surface area contributed by atoms with Crippen LogP contribution in [0.3, 0.4) is 0 Å². The van der Waals surface area contributed by atoms with Gasteiger partial charge in [-0.15, -0.1) is 0 Å². The highest BCUT2D eigenvalue weighted by atomic mass is 16.5. The molecule has 0 saturated carbocycles. The van der Waals surface area contributed by atoms with Crippen LogP contribution >= 0.6 is 0 Å². The van der Waals surface area contributed by atoms with E-state index in [-0.39, 0.29) is 5.91 Å². The number of rotatable bonds is 8. The third-order valence-electron chi connectivity index (χ3n) is 3.86. The molecule has 0 fully saturated rings. The molecule has 0 aromatic heterocycles. The maximum atomic E-state index is 12.6. The Hall–Kier alpha value is -2.33. The molecule has 0 bridgehead atoms. The van der Waals surface area contributed by atoms with Gasteiger partial charge in [0.15, 0.2) is 0 Å². The van der Waals surface area contributed by atoms with Crippen molar-refractivity contribution in [2.24, 2.45) is 0 Å². The molecule has 0 aliphatic rings. The molecule has 1 N–H and O–H groups in total. The average molecular weight is 341 g/mol. The molecule has 0 unspecified atom stereocenters. The molecular formula is C21H27NO3. The van der Waals surface area contributed by atoms with Crippen molar-refractivity contribution < 1.29 is 14.3 Å². The van der Waals surface area contributed by atoms with Gasteiger partial charge in [-0.3, -0.25) is 4.79 Å². The smallest absolute Gasteiger partial charge is 0.255 e. The van der Waals surface area contributed by atoms with Crippen LogP contribution in [0.1, 0.15) is 47.3 Å². The summed E-state index contributed by atoms with van der Waals surface area (Å²) >= 11 is 0. The van der Waals surface area contributed by atoms with Gasteiger partial charge in [-0.05, 0) is 57.0 Å². The SMILES string of the molecule is CCCOCc1cc(C(=O)Nc2ccc(C)cc2C)ccc1OCC. The van der Waals surface area contributed by atoms with Gasteiger partial charge >= 0.3 is 0 Å². The van der Waals surface area contributed by atoms with Crippen molar-refractivity contribution in [1.82, 2.24) is 0 Å². The molecule has 2 aromatic rings. The van der Waals surface area contributed by atoms with Gasteiger partial charge in [-0.1, -0.05) is 24.6 Å². The molecule has 4 heteroatoms. The highest BCUT2D eigenvalue weighted by Crippen LogP contribution is 2.23. The van der Waals surface area contributed by atoms with E-state index in [4.69, 9.17) is 9.47 Å². The lowest BCUT2D eigenvalue weighted by molar-refractivity contribution is 0.102. The Morgan fingerprint density at radius 1 is 1.08 bits per heavy atom. The van der Waals surface area contributed by atoms with Gasteiger partial charge < -0.3 is 14.8 Å². The number of hydrogen-bond donors (Lipinski definition) is 1. The second-order valence-electron chi connectivity index (χ2n) is 6.08. The van der Waals surface area contributed by atoms with Crippen molar-refractivity contribution in [3.05, 3.63) is 58.7 Å². The Morgan fingerprint density at radius 3 is 2.56 bits per heavy atom. The highest BCUT2D eigenvalue weighted by molar-refractivity contribution is 6.04. The third kappa shape index (κ3) is 5.33. The van der Waals surface area contributed by atoms with Crippen LogP contribution in [0.2, 0.25) is 0 Å². The molecule has 1 amide bonds. The first kappa shape index (κ1) is 19.0. The molecule has 0 spiro atoms. The van der Waals surface area contributed by atoms with Crippen molar-refractivity contribution >= 4 is 11.6 Å². The Balaban J connectivity index is 2.19. The maximum Gasteiger partial charge on any atom is 0.255 e. The van der Waals surface area contributed by atoms with Crippen LogP contribution in [0.4, 0.5) is 5.69 Å². The summed E-state index contributed by atoms with van der Waals surface area (Å²) in [5.41, 5.74) is 4.54. The molecule has 25 heavy (non-hydrogen) atoms. The van der Waals surface area contributed by atoms with Crippen LogP contribution in [-0.2, 0) is 11.3 Å². The highest BCUT2D eigenvalue weighted by Gasteiger charge is 2.12. The van der Waals surface area contributed by atoms with E-state index < -0.39 is 0 Å². The van der Waals surface area contributed by atoms with Crippen LogP contribution in [0.25, 0.3) is 0 Å². The summed E-state index contributed by atoms with van der Waals surface area (Å²) in [6, 6.07) is 11.4. The maximum absolute atomic E-state index is 12.6. The van der Waals surface area contributed by atoms with Crippen molar-refractivity contribution in [1.29, 1.82) is 0 Å². The van der Waals surface area contributed by atoms with Gasteiger partial charge in [0.05, 0.1) is 13.2 Å². The fourth-order valence-electron chi connectivity index (χ4n) is 2.60. The van der Waals surface area contributed by atoms with E-state index in [1.54, 1.807) is 6.07 Å². The average Bonchev–Trinajstić information content (AvgIpc) is 2.59. The number of carbonyl (C=O) groups excluding carboxylic acids is 1. The third-order valence-corrected chi connectivity index (χ3v) is 3.86. The van der Waals surface area contributed by atoms with E-state index in [1.165, 1.54) is 5.56 Å². The van der Waals surface area contributed by atoms with E-state index in [0.29, 0.717) is 25.4 Å². The van der Waals surface area contributed by atoms with Crippen LogP contribution in [0.15, 0.2) is 36.4 Å². The second kappa shape index (κ2) is 9.23. The van der Waals surface area contributed by atoms with Crippen molar-refractivity contribution in [2.75, 3.05) is 18.5 Å². The van der Waals surface area contributed by atoms with Crippen molar-refractivity contribution in [3.8, 4) is 5.75 Å². The first-order chi connectivity index (χ1) is 12.0. The van der Waals surface area contributed by atoms with Gasteiger partial charge in [-0.25, -0.2) is 0 Å². The largest absolute Gasteiger partial charge is 0.494 e. The monoisotopic (exact) mass is 341 g/mol. The topological polar surface area (TPSA) is 47.6 Å². The minimum atomic E-state index is -0.133. The fraction of sp³-hybridized carbons (Fsp3) is 0.381. The molecule has 2 aromatic carbocycles. The lowest BCUT2D eigenvalue weighted by Crippen LogP contribution is -2.13. The minimum absolute atomic E-state index is 0.133. The normalized spacial score (nSPS) is 10.6.